The standard InChI is InChI=1S/C14H12BrN3O3/c15-8-1-4-12(11(5-8)14(20)21)18-13(19)6-10-3-2-9(16)7-17-10/h1-5,7H,6,16H2,(H,18,19)(H,20,21). The number of halogens is 1. The molecule has 2 aromatic rings. The molecule has 1 aromatic heterocycles. The van der Waals surface area contributed by atoms with E-state index >= 15 is 0 Å². The molecule has 0 saturated heterocycles. The number of rotatable bonds is 4. The van der Waals surface area contributed by atoms with Crippen molar-refractivity contribution in [3.05, 3.63) is 52.3 Å². The zero-order chi connectivity index (χ0) is 15.4. The Kier molecular flexibility index (Phi) is 4.54. The number of carbonyl (C=O) groups excluding carboxylic acids is 1. The summed E-state index contributed by atoms with van der Waals surface area (Å²) in [5.41, 5.74) is 6.84. The molecule has 0 saturated carbocycles. The Balaban J connectivity index is 2.12. The Morgan fingerprint density at radius 3 is 2.67 bits per heavy atom. The number of carboxylic acids is 1. The maximum atomic E-state index is 11.9. The number of pyridine rings is 1. The van der Waals surface area contributed by atoms with Gasteiger partial charge in [0.05, 0.1) is 29.6 Å². The van der Waals surface area contributed by atoms with E-state index in [0.717, 1.165) is 0 Å². The van der Waals surface area contributed by atoms with Gasteiger partial charge in [-0.2, -0.15) is 0 Å². The lowest BCUT2D eigenvalue weighted by Crippen LogP contribution is -2.17. The molecule has 1 amide bonds. The van der Waals surface area contributed by atoms with E-state index in [2.05, 4.69) is 26.2 Å². The highest BCUT2D eigenvalue weighted by Crippen LogP contribution is 2.21. The minimum atomic E-state index is -1.11. The molecule has 0 spiro atoms. The molecule has 21 heavy (non-hydrogen) atoms. The molecule has 0 fully saturated rings. The zero-order valence-electron chi connectivity index (χ0n) is 10.8. The zero-order valence-corrected chi connectivity index (χ0v) is 12.4. The van der Waals surface area contributed by atoms with E-state index in [1.807, 2.05) is 0 Å². The molecule has 1 heterocycles. The Hall–Kier alpha value is -2.41. The van der Waals surface area contributed by atoms with Crippen LogP contribution in [-0.4, -0.2) is 22.0 Å². The van der Waals surface area contributed by atoms with Crippen LogP contribution < -0.4 is 11.1 Å². The smallest absolute Gasteiger partial charge is 0.337 e. The van der Waals surface area contributed by atoms with Crippen molar-refractivity contribution in [3.63, 3.8) is 0 Å². The number of nitrogens with two attached hydrogens (primary N) is 1. The maximum Gasteiger partial charge on any atom is 0.337 e. The number of nitrogens with one attached hydrogen (secondary N) is 1. The summed E-state index contributed by atoms with van der Waals surface area (Å²) >= 11 is 3.19. The number of aromatic carboxylic acids is 1. The number of benzene rings is 1. The van der Waals surface area contributed by atoms with E-state index in [4.69, 9.17) is 10.8 Å². The first-order valence-corrected chi connectivity index (χ1v) is 6.78. The molecule has 0 aliphatic rings. The third-order valence-electron chi connectivity index (χ3n) is 2.68. The second-order valence-corrected chi connectivity index (χ2v) is 5.22. The first kappa shape index (κ1) is 15.0. The second kappa shape index (κ2) is 6.36. The monoisotopic (exact) mass is 349 g/mol. The van der Waals surface area contributed by atoms with Crippen molar-refractivity contribution < 1.29 is 14.7 Å². The van der Waals surface area contributed by atoms with Crippen LogP contribution in [0.3, 0.4) is 0 Å². The van der Waals surface area contributed by atoms with E-state index in [1.54, 1.807) is 18.2 Å². The SMILES string of the molecule is Nc1ccc(CC(=O)Nc2ccc(Br)cc2C(=O)O)nc1. The van der Waals surface area contributed by atoms with Gasteiger partial charge < -0.3 is 16.2 Å². The summed E-state index contributed by atoms with van der Waals surface area (Å²) < 4.78 is 0.623. The van der Waals surface area contributed by atoms with Gasteiger partial charge in [0, 0.05) is 10.2 Å². The maximum absolute atomic E-state index is 11.9. The van der Waals surface area contributed by atoms with Gasteiger partial charge in [0.25, 0.3) is 0 Å². The lowest BCUT2D eigenvalue weighted by Gasteiger charge is -2.09. The number of hydrogen-bond acceptors (Lipinski definition) is 4. The van der Waals surface area contributed by atoms with E-state index in [0.29, 0.717) is 15.9 Å². The summed E-state index contributed by atoms with van der Waals surface area (Å²) in [5.74, 6) is -1.46. The van der Waals surface area contributed by atoms with Crippen LogP contribution in [-0.2, 0) is 11.2 Å². The van der Waals surface area contributed by atoms with Gasteiger partial charge in [0.15, 0.2) is 0 Å². The van der Waals surface area contributed by atoms with Crippen LogP contribution >= 0.6 is 15.9 Å². The lowest BCUT2D eigenvalue weighted by atomic mass is 10.1. The fraction of sp³-hybridized carbons (Fsp3) is 0.0714. The van der Waals surface area contributed by atoms with Crippen molar-refractivity contribution in [3.8, 4) is 0 Å². The van der Waals surface area contributed by atoms with Crippen LogP contribution in [0.15, 0.2) is 41.0 Å². The summed E-state index contributed by atoms with van der Waals surface area (Å²) in [6, 6.07) is 7.91. The number of carboxylic acid groups (broad SMARTS) is 1. The van der Waals surface area contributed by atoms with E-state index in [1.165, 1.54) is 18.3 Å². The van der Waals surface area contributed by atoms with Crippen molar-refractivity contribution in [2.75, 3.05) is 11.1 Å². The molecule has 0 radical (unpaired) electrons. The highest BCUT2D eigenvalue weighted by Gasteiger charge is 2.13. The minimum Gasteiger partial charge on any atom is -0.478 e. The first-order valence-electron chi connectivity index (χ1n) is 5.99. The van der Waals surface area contributed by atoms with Gasteiger partial charge in [-0.05, 0) is 30.3 Å². The van der Waals surface area contributed by atoms with Crippen molar-refractivity contribution >= 4 is 39.2 Å². The van der Waals surface area contributed by atoms with Crippen LogP contribution in [0, 0.1) is 0 Å². The van der Waals surface area contributed by atoms with Gasteiger partial charge in [0.2, 0.25) is 5.91 Å². The Bertz CT molecular complexity index is 686. The van der Waals surface area contributed by atoms with Crippen LogP contribution in [0.4, 0.5) is 11.4 Å². The lowest BCUT2D eigenvalue weighted by molar-refractivity contribution is -0.115. The molecule has 7 heteroatoms. The molecule has 0 bridgehead atoms. The van der Waals surface area contributed by atoms with Crippen molar-refractivity contribution in [1.82, 2.24) is 4.98 Å². The molecule has 6 nitrogen and oxygen atoms in total. The Labute approximate surface area is 129 Å². The van der Waals surface area contributed by atoms with Crippen LogP contribution in [0.2, 0.25) is 0 Å². The van der Waals surface area contributed by atoms with Crippen molar-refractivity contribution in [1.29, 1.82) is 0 Å². The fourth-order valence-electron chi connectivity index (χ4n) is 1.70. The third-order valence-corrected chi connectivity index (χ3v) is 3.17. The number of nitrogens with zero attached hydrogens (tertiary/aromatic N) is 1. The molecule has 0 aliphatic heterocycles. The Morgan fingerprint density at radius 2 is 2.05 bits per heavy atom. The molecule has 1 aromatic carbocycles. The molecular weight excluding hydrogens is 338 g/mol. The minimum absolute atomic E-state index is 0.0167. The van der Waals surface area contributed by atoms with Gasteiger partial charge in [0.1, 0.15) is 0 Å². The summed E-state index contributed by atoms with van der Waals surface area (Å²) in [7, 11) is 0. The number of aromatic nitrogens is 1. The number of anilines is 2. The highest BCUT2D eigenvalue weighted by atomic mass is 79.9. The average Bonchev–Trinajstić information content (AvgIpc) is 2.43. The normalized spacial score (nSPS) is 10.1. The predicted octanol–water partition coefficient (Wildman–Crippen LogP) is 2.31. The predicted molar refractivity (Wildman–Crippen MR) is 82.1 cm³/mol. The third kappa shape index (κ3) is 4.03. The quantitative estimate of drug-likeness (QED) is 0.785. The Morgan fingerprint density at radius 1 is 1.29 bits per heavy atom. The molecule has 0 atom stereocenters. The van der Waals surface area contributed by atoms with Crippen molar-refractivity contribution in [2.24, 2.45) is 0 Å². The summed E-state index contributed by atoms with van der Waals surface area (Å²) in [5, 5.41) is 11.7. The summed E-state index contributed by atoms with van der Waals surface area (Å²) in [4.78, 5) is 27.1. The van der Waals surface area contributed by atoms with Crippen LogP contribution in [0.5, 0.6) is 0 Å². The molecule has 4 N–H and O–H groups in total. The molecule has 0 unspecified atom stereocenters. The van der Waals surface area contributed by atoms with Gasteiger partial charge in [-0.1, -0.05) is 15.9 Å². The number of nitrogen functional groups attached to an aromatic ring is 1. The first-order chi connectivity index (χ1) is 9.95. The van der Waals surface area contributed by atoms with Gasteiger partial charge in [-0.25, -0.2) is 4.79 Å². The van der Waals surface area contributed by atoms with Crippen LogP contribution in [0.25, 0.3) is 0 Å². The molecule has 0 aliphatic carbocycles. The van der Waals surface area contributed by atoms with Gasteiger partial charge in [-0.15, -0.1) is 0 Å². The molecular formula is C14H12BrN3O3. The van der Waals surface area contributed by atoms with Crippen molar-refractivity contribution in [2.45, 2.75) is 6.42 Å². The summed E-state index contributed by atoms with van der Waals surface area (Å²) in [6.07, 6.45) is 1.50. The largest absolute Gasteiger partial charge is 0.478 e. The second-order valence-electron chi connectivity index (χ2n) is 4.30. The molecule has 108 valence electrons. The van der Waals surface area contributed by atoms with E-state index in [9.17, 15) is 9.59 Å². The van der Waals surface area contributed by atoms with Crippen LogP contribution in [0.1, 0.15) is 16.1 Å². The fourth-order valence-corrected chi connectivity index (χ4v) is 2.06. The van der Waals surface area contributed by atoms with E-state index in [-0.39, 0.29) is 23.6 Å². The molecule has 2 rings (SSSR count). The topological polar surface area (TPSA) is 105 Å². The number of amides is 1. The highest BCUT2D eigenvalue weighted by molar-refractivity contribution is 9.10. The summed E-state index contributed by atoms with van der Waals surface area (Å²) in [6.45, 7) is 0. The number of carbonyl (C=O) groups is 2. The average molecular weight is 350 g/mol. The van der Waals surface area contributed by atoms with Gasteiger partial charge in [-0.3, -0.25) is 9.78 Å². The van der Waals surface area contributed by atoms with E-state index < -0.39 is 5.97 Å². The number of hydrogen-bond donors (Lipinski definition) is 3. The van der Waals surface area contributed by atoms with Gasteiger partial charge >= 0.3 is 5.97 Å².